The van der Waals surface area contributed by atoms with Crippen LogP contribution in [0.15, 0.2) is 30.5 Å². The van der Waals surface area contributed by atoms with E-state index < -0.39 is 28.0 Å². The maximum Gasteiger partial charge on any atom is 0.417 e. The number of ether oxygens (including phenoxy) is 1. The fraction of sp³-hybridized carbons (Fsp3) is 0.333. The van der Waals surface area contributed by atoms with Crippen LogP contribution in [0.4, 0.5) is 18.9 Å². The third-order valence-corrected chi connectivity index (χ3v) is 4.58. The van der Waals surface area contributed by atoms with Crippen molar-refractivity contribution in [3.63, 3.8) is 0 Å². The van der Waals surface area contributed by atoms with Gasteiger partial charge in [0.15, 0.2) is 0 Å². The summed E-state index contributed by atoms with van der Waals surface area (Å²) in [5, 5.41) is 10.7. The number of esters is 1. The number of carbonyl (C=O) groups is 1. The number of pyridine rings is 1. The number of aromatic nitrogens is 1. The number of aryl methyl sites for hydroxylation is 1. The Bertz CT molecular complexity index is 934. The van der Waals surface area contributed by atoms with Gasteiger partial charge in [-0.2, -0.15) is 13.2 Å². The monoisotopic (exact) mass is 416 g/mol. The molecule has 1 atom stereocenters. The molecule has 1 unspecified atom stereocenters. The number of nitro benzene ring substituents is 1. The highest BCUT2D eigenvalue weighted by Gasteiger charge is 2.43. The van der Waals surface area contributed by atoms with Gasteiger partial charge in [-0.15, -0.1) is 0 Å². The van der Waals surface area contributed by atoms with Crippen LogP contribution in [0, 0.1) is 17.0 Å². The van der Waals surface area contributed by atoms with Crippen molar-refractivity contribution in [3.05, 3.63) is 68.0 Å². The lowest BCUT2D eigenvalue weighted by atomic mass is 9.78. The zero-order chi connectivity index (χ0) is 21.3. The molecule has 2 aromatic rings. The summed E-state index contributed by atoms with van der Waals surface area (Å²) in [5.74, 6) is -0.794. The summed E-state index contributed by atoms with van der Waals surface area (Å²) in [4.78, 5) is 27.0. The number of hydrogen-bond acceptors (Lipinski definition) is 5. The van der Waals surface area contributed by atoms with E-state index in [0.29, 0.717) is 12.3 Å². The normalized spacial score (nSPS) is 13.7. The largest absolute Gasteiger partial charge is 0.465 e. The van der Waals surface area contributed by atoms with Crippen molar-refractivity contribution in [2.75, 3.05) is 6.61 Å². The molecule has 0 aliphatic carbocycles. The van der Waals surface area contributed by atoms with Gasteiger partial charge in [0.25, 0.3) is 5.69 Å². The highest BCUT2D eigenvalue weighted by Crippen LogP contribution is 2.40. The van der Waals surface area contributed by atoms with Crippen LogP contribution >= 0.6 is 11.6 Å². The molecule has 0 aliphatic heterocycles. The van der Waals surface area contributed by atoms with E-state index in [0.717, 1.165) is 0 Å². The van der Waals surface area contributed by atoms with Gasteiger partial charge in [-0.1, -0.05) is 17.7 Å². The molecule has 1 aromatic heterocycles. The molecule has 2 rings (SSSR count). The van der Waals surface area contributed by atoms with E-state index in [1.54, 1.807) is 6.92 Å². The first-order chi connectivity index (χ1) is 12.9. The Balaban J connectivity index is 2.71. The summed E-state index contributed by atoms with van der Waals surface area (Å²) >= 11 is 6.06. The highest BCUT2D eigenvalue weighted by atomic mass is 35.5. The summed E-state index contributed by atoms with van der Waals surface area (Å²) in [6.45, 7) is 4.46. The number of halogens is 4. The average Bonchev–Trinajstić information content (AvgIpc) is 2.59. The van der Waals surface area contributed by atoms with Crippen LogP contribution in [-0.4, -0.2) is 22.5 Å². The predicted molar refractivity (Wildman–Crippen MR) is 95.2 cm³/mol. The van der Waals surface area contributed by atoms with Crippen molar-refractivity contribution in [1.29, 1.82) is 0 Å². The fourth-order valence-corrected chi connectivity index (χ4v) is 3.11. The Kier molecular flexibility index (Phi) is 5.98. The van der Waals surface area contributed by atoms with Crippen LogP contribution < -0.4 is 0 Å². The average molecular weight is 417 g/mol. The highest BCUT2D eigenvalue weighted by molar-refractivity contribution is 6.31. The van der Waals surface area contributed by atoms with Gasteiger partial charge in [0.05, 0.1) is 27.8 Å². The molecule has 0 fully saturated rings. The topological polar surface area (TPSA) is 82.3 Å². The standard InChI is InChI=1S/C18H16ClF3N2O4/c1-4-28-16(25)17(3,11-5-6-14(24(26)27)10(2)7-11)15-13(19)8-12(9-23-15)18(20,21)22/h5-9H,4H2,1-3H3. The molecule has 0 bridgehead atoms. The van der Waals surface area contributed by atoms with Crippen molar-refractivity contribution >= 4 is 23.3 Å². The van der Waals surface area contributed by atoms with E-state index in [2.05, 4.69) is 4.98 Å². The van der Waals surface area contributed by atoms with Gasteiger partial charge in [0.1, 0.15) is 5.41 Å². The second-order valence-corrected chi connectivity index (χ2v) is 6.56. The van der Waals surface area contributed by atoms with Crippen LogP contribution in [0.1, 0.15) is 36.2 Å². The van der Waals surface area contributed by atoms with Crippen molar-refractivity contribution in [2.24, 2.45) is 0 Å². The van der Waals surface area contributed by atoms with Gasteiger partial charge in [0.2, 0.25) is 0 Å². The van der Waals surface area contributed by atoms with Gasteiger partial charge >= 0.3 is 12.1 Å². The van der Waals surface area contributed by atoms with Crippen LogP contribution in [0.25, 0.3) is 0 Å². The molecule has 0 N–H and O–H groups in total. The lowest BCUT2D eigenvalue weighted by molar-refractivity contribution is -0.385. The molecule has 0 spiro atoms. The predicted octanol–water partition coefficient (Wildman–Crippen LogP) is 4.84. The number of nitrogens with zero attached hydrogens (tertiary/aromatic N) is 2. The number of benzene rings is 1. The molecule has 1 aromatic carbocycles. The first-order valence-electron chi connectivity index (χ1n) is 8.08. The first-order valence-corrected chi connectivity index (χ1v) is 8.46. The first kappa shape index (κ1) is 21.6. The smallest absolute Gasteiger partial charge is 0.417 e. The van der Waals surface area contributed by atoms with Crippen molar-refractivity contribution in [2.45, 2.75) is 32.4 Å². The zero-order valence-corrected chi connectivity index (χ0v) is 15.9. The zero-order valence-electron chi connectivity index (χ0n) is 15.1. The number of carbonyl (C=O) groups excluding carboxylic acids is 1. The molecular weight excluding hydrogens is 401 g/mol. The van der Waals surface area contributed by atoms with Gasteiger partial charge in [0, 0.05) is 17.8 Å². The minimum Gasteiger partial charge on any atom is -0.465 e. The molecule has 150 valence electrons. The summed E-state index contributed by atoms with van der Waals surface area (Å²) in [5.41, 5.74) is -2.52. The molecule has 1 heterocycles. The molecule has 28 heavy (non-hydrogen) atoms. The Morgan fingerprint density at radius 1 is 1.29 bits per heavy atom. The van der Waals surface area contributed by atoms with E-state index >= 15 is 0 Å². The maximum atomic E-state index is 12.9. The third-order valence-electron chi connectivity index (χ3n) is 4.30. The fourth-order valence-electron chi connectivity index (χ4n) is 2.76. The molecular formula is C18H16ClF3N2O4. The van der Waals surface area contributed by atoms with E-state index in [-0.39, 0.29) is 34.1 Å². The lowest BCUT2D eigenvalue weighted by Crippen LogP contribution is -2.37. The van der Waals surface area contributed by atoms with Crippen molar-refractivity contribution in [3.8, 4) is 0 Å². The second-order valence-electron chi connectivity index (χ2n) is 6.16. The van der Waals surface area contributed by atoms with E-state index in [1.807, 2.05) is 0 Å². The summed E-state index contributed by atoms with van der Waals surface area (Å²) in [6.07, 6.45) is -4.07. The Morgan fingerprint density at radius 2 is 1.93 bits per heavy atom. The molecule has 0 saturated carbocycles. The summed E-state index contributed by atoms with van der Waals surface area (Å²) < 4.78 is 43.8. The van der Waals surface area contributed by atoms with E-state index in [1.165, 1.54) is 32.0 Å². The number of hydrogen-bond donors (Lipinski definition) is 0. The summed E-state index contributed by atoms with van der Waals surface area (Å²) in [7, 11) is 0. The van der Waals surface area contributed by atoms with Crippen LogP contribution in [0.2, 0.25) is 5.02 Å². The Labute approximate surface area is 163 Å². The van der Waals surface area contributed by atoms with Gasteiger partial charge in [-0.05, 0) is 38.5 Å². The van der Waals surface area contributed by atoms with Crippen molar-refractivity contribution in [1.82, 2.24) is 4.98 Å². The molecule has 10 heteroatoms. The van der Waals surface area contributed by atoms with Crippen molar-refractivity contribution < 1.29 is 27.6 Å². The molecule has 0 radical (unpaired) electrons. The van der Waals surface area contributed by atoms with Crippen LogP contribution in [0.3, 0.4) is 0 Å². The number of rotatable bonds is 5. The van der Waals surface area contributed by atoms with E-state index in [4.69, 9.17) is 16.3 Å². The SMILES string of the molecule is CCOC(=O)C(C)(c1ccc([N+](=O)[O-])c(C)c1)c1ncc(C(F)(F)F)cc1Cl. The molecule has 0 saturated heterocycles. The second kappa shape index (κ2) is 7.75. The maximum absolute atomic E-state index is 12.9. The van der Waals surface area contributed by atoms with E-state index in [9.17, 15) is 28.1 Å². The van der Waals surface area contributed by atoms with Gasteiger partial charge in [-0.25, -0.2) is 0 Å². The Hall–Kier alpha value is -2.68. The minimum atomic E-state index is -4.65. The molecule has 6 nitrogen and oxygen atoms in total. The van der Waals surface area contributed by atoms with Gasteiger partial charge < -0.3 is 4.74 Å². The van der Waals surface area contributed by atoms with Crippen LogP contribution in [-0.2, 0) is 21.1 Å². The third kappa shape index (κ3) is 3.94. The van der Waals surface area contributed by atoms with Gasteiger partial charge in [-0.3, -0.25) is 19.9 Å². The van der Waals surface area contributed by atoms with Crippen LogP contribution in [0.5, 0.6) is 0 Å². The lowest BCUT2D eigenvalue weighted by Gasteiger charge is -2.28. The minimum absolute atomic E-state index is 0.0125. The number of nitro groups is 1. The summed E-state index contributed by atoms with van der Waals surface area (Å²) in [6, 6.07) is 4.61. The molecule has 0 aliphatic rings. The quantitative estimate of drug-likeness (QED) is 0.395. The molecule has 0 amide bonds. The number of alkyl halides is 3. The Morgan fingerprint density at radius 3 is 2.39 bits per heavy atom.